The molecular weight excluding hydrogens is 304 g/mol. The number of rotatable bonds is 5. The van der Waals surface area contributed by atoms with Gasteiger partial charge in [0.05, 0.1) is 11.3 Å². The predicted molar refractivity (Wildman–Crippen MR) is 93.6 cm³/mol. The fourth-order valence-corrected chi connectivity index (χ4v) is 2.14. The molecule has 0 aromatic heterocycles. The third kappa shape index (κ3) is 4.58. The van der Waals surface area contributed by atoms with Crippen LogP contribution in [-0.4, -0.2) is 17.9 Å². The van der Waals surface area contributed by atoms with E-state index < -0.39 is 6.04 Å². The highest BCUT2D eigenvalue weighted by molar-refractivity contribution is 5.97. The molecule has 0 heterocycles. The van der Waals surface area contributed by atoms with E-state index >= 15 is 0 Å². The van der Waals surface area contributed by atoms with Crippen molar-refractivity contribution in [2.24, 2.45) is 0 Å². The minimum atomic E-state index is -0.524. The quantitative estimate of drug-likeness (QED) is 0.789. The zero-order chi connectivity index (χ0) is 17.5. The van der Waals surface area contributed by atoms with Crippen molar-refractivity contribution in [3.05, 3.63) is 54.1 Å². The molecule has 0 fully saturated rings. The summed E-state index contributed by atoms with van der Waals surface area (Å²) in [6.07, 6.45) is 0. The van der Waals surface area contributed by atoms with E-state index in [-0.39, 0.29) is 11.8 Å². The summed E-state index contributed by atoms with van der Waals surface area (Å²) in [6.45, 7) is 3.15. The number of carbonyl (C=O) groups excluding carboxylic acids is 2. The molecule has 1 unspecified atom stereocenters. The van der Waals surface area contributed by atoms with Crippen LogP contribution in [0.3, 0.4) is 0 Å². The van der Waals surface area contributed by atoms with Gasteiger partial charge in [0.2, 0.25) is 11.8 Å². The van der Waals surface area contributed by atoms with Crippen LogP contribution >= 0.6 is 0 Å². The first-order valence-electron chi connectivity index (χ1n) is 7.44. The summed E-state index contributed by atoms with van der Waals surface area (Å²) in [6, 6.07) is 15.4. The molecule has 24 heavy (non-hydrogen) atoms. The normalized spacial score (nSPS) is 11.0. The number of nitriles is 1. The first kappa shape index (κ1) is 17.0. The van der Waals surface area contributed by atoms with Gasteiger partial charge in [0.1, 0.15) is 12.1 Å². The van der Waals surface area contributed by atoms with E-state index in [1.165, 1.54) is 6.92 Å². The summed E-state index contributed by atoms with van der Waals surface area (Å²) >= 11 is 0. The highest BCUT2D eigenvalue weighted by Gasteiger charge is 2.14. The molecule has 0 spiro atoms. The number of amides is 2. The van der Waals surface area contributed by atoms with E-state index in [1.807, 2.05) is 6.07 Å². The molecule has 0 bridgehead atoms. The van der Waals surface area contributed by atoms with Crippen LogP contribution in [-0.2, 0) is 9.59 Å². The Kier molecular flexibility index (Phi) is 5.53. The van der Waals surface area contributed by atoms with Crippen molar-refractivity contribution in [2.75, 3.05) is 16.0 Å². The average Bonchev–Trinajstić information content (AvgIpc) is 2.55. The molecule has 0 saturated carbocycles. The number of para-hydroxylation sites is 1. The molecule has 0 aliphatic rings. The first-order valence-corrected chi connectivity index (χ1v) is 7.44. The van der Waals surface area contributed by atoms with Crippen molar-refractivity contribution in [1.29, 1.82) is 5.26 Å². The van der Waals surface area contributed by atoms with Gasteiger partial charge in [-0.1, -0.05) is 18.2 Å². The minimum absolute atomic E-state index is 0.161. The number of nitrogens with one attached hydrogen (secondary N) is 3. The second kappa shape index (κ2) is 7.79. The maximum Gasteiger partial charge on any atom is 0.246 e. The SMILES string of the molecule is CC(=O)Nc1cccc(NC(C)C(=O)Nc2ccccc2C#N)c1. The van der Waals surface area contributed by atoms with Gasteiger partial charge >= 0.3 is 0 Å². The Hall–Kier alpha value is -3.33. The first-order chi connectivity index (χ1) is 11.5. The van der Waals surface area contributed by atoms with Crippen LogP contribution in [0.2, 0.25) is 0 Å². The van der Waals surface area contributed by atoms with E-state index in [2.05, 4.69) is 16.0 Å². The van der Waals surface area contributed by atoms with Gasteiger partial charge in [-0.15, -0.1) is 0 Å². The van der Waals surface area contributed by atoms with Crippen LogP contribution in [0.4, 0.5) is 17.1 Å². The summed E-state index contributed by atoms with van der Waals surface area (Å²) in [4.78, 5) is 23.4. The van der Waals surface area contributed by atoms with Gasteiger partial charge in [-0.25, -0.2) is 0 Å². The third-order valence-corrected chi connectivity index (χ3v) is 3.26. The van der Waals surface area contributed by atoms with Gasteiger partial charge in [0, 0.05) is 18.3 Å². The zero-order valence-electron chi connectivity index (χ0n) is 13.5. The van der Waals surface area contributed by atoms with Crippen molar-refractivity contribution >= 4 is 28.9 Å². The van der Waals surface area contributed by atoms with Crippen molar-refractivity contribution < 1.29 is 9.59 Å². The Labute approximate surface area is 140 Å². The fraction of sp³-hybridized carbons (Fsp3) is 0.167. The maximum absolute atomic E-state index is 12.3. The molecule has 6 heteroatoms. The second-order valence-electron chi connectivity index (χ2n) is 5.27. The zero-order valence-corrected chi connectivity index (χ0v) is 13.5. The van der Waals surface area contributed by atoms with E-state index in [4.69, 9.17) is 5.26 Å². The molecule has 1 atom stereocenters. The lowest BCUT2D eigenvalue weighted by Crippen LogP contribution is -2.32. The van der Waals surface area contributed by atoms with Crippen LogP contribution in [0.5, 0.6) is 0 Å². The molecule has 0 aliphatic carbocycles. The average molecular weight is 322 g/mol. The Morgan fingerprint density at radius 2 is 1.75 bits per heavy atom. The van der Waals surface area contributed by atoms with E-state index in [0.717, 1.165) is 0 Å². The molecule has 2 rings (SSSR count). The van der Waals surface area contributed by atoms with E-state index in [9.17, 15) is 9.59 Å². The molecule has 0 radical (unpaired) electrons. The second-order valence-corrected chi connectivity index (χ2v) is 5.27. The number of carbonyl (C=O) groups is 2. The largest absolute Gasteiger partial charge is 0.374 e. The minimum Gasteiger partial charge on any atom is -0.374 e. The van der Waals surface area contributed by atoms with Gasteiger partial charge in [0.25, 0.3) is 0 Å². The number of nitrogens with zero attached hydrogens (tertiary/aromatic N) is 1. The van der Waals surface area contributed by atoms with Gasteiger partial charge in [0.15, 0.2) is 0 Å². The monoisotopic (exact) mass is 322 g/mol. The smallest absolute Gasteiger partial charge is 0.246 e. The third-order valence-electron chi connectivity index (χ3n) is 3.26. The van der Waals surface area contributed by atoms with Crippen LogP contribution in [0.1, 0.15) is 19.4 Å². The molecule has 122 valence electrons. The van der Waals surface area contributed by atoms with Crippen molar-refractivity contribution in [2.45, 2.75) is 19.9 Å². The summed E-state index contributed by atoms with van der Waals surface area (Å²) < 4.78 is 0. The number of hydrogen-bond acceptors (Lipinski definition) is 4. The molecular formula is C18H18N4O2. The summed E-state index contributed by atoms with van der Waals surface area (Å²) in [5.41, 5.74) is 2.24. The van der Waals surface area contributed by atoms with Gasteiger partial charge in [-0.05, 0) is 37.3 Å². The Morgan fingerprint density at radius 3 is 2.46 bits per heavy atom. The number of anilines is 3. The Bertz CT molecular complexity index is 796. The van der Waals surface area contributed by atoms with Crippen LogP contribution < -0.4 is 16.0 Å². The lowest BCUT2D eigenvalue weighted by atomic mass is 10.2. The standard InChI is InChI=1S/C18H18N4O2/c1-12(18(24)22-17-9-4-3-6-14(17)11-19)20-15-7-5-8-16(10-15)21-13(2)23/h3-10,12,20H,1-2H3,(H,21,23)(H,22,24). The van der Waals surface area contributed by atoms with E-state index in [0.29, 0.717) is 22.6 Å². The summed E-state index contributed by atoms with van der Waals surface area (Å²) in [5, 5.41) is 17.5. The van der Waals surface area contributed by atoms with Crippen molar-refractivity contribution in [3.8, 4) is 6.07 Å². The summed E-state index contributed by atoms with van der Waals surface area (Å²) in [5.74, 6) is -0.423. The molecule has 2 amide bonds. The van der Waals surface area contributed by atoms with Gasteiger partial charge in [-0.3, -0.25) is 9.59 Å². The number of benzene rings is 2. The Morgan fingerprint density at radius 1 is 1.04 bits per heavy atom. The van der Waals surface area contributed by atoms with Crippen molar-refractivity contribution in [1.82, 2.24) is 0 Å². The van der Waals surface area contributed by atoms with Crippen LogP contribution in [0.25, 0.3) is 0 Å². The summed E-state index contributed by atoms with van der Waals surface area (Å²) in [7, 11) is 0. The Balaban J connectivity index is 2.04. The molecule has 6 nitrogen and oxygen atoms in total. The fourth-order valence-electron chi connectivity index (χ4n) is 2.14. The highest BCUT2D eigenvalue weighted by Crippen LogP contribution is 2.17. The van der Waals surface area contributed by atoms with Crippen molar-refractivity contribution in [3.63, 3.8) is 0 Å². The van der Waals surface area contributed by atoms with E-state index in [1.54, 1.807) is 55.5 Å². The lowest BCUT2D eigenvalue weighted by Gasteiger charge is -2.16. The molecule has 2 aromatic rings. The van der Waals surface area contributed by atoms with Crippen LogP contribution in [0, 0.1) is 11.3 Å². The van der Waals surface area contributed by atoms with Gasteiger partial charge in [-0.2, -0.15) is 5.26 Å². The molecule has 2 aromatic carbocycles. The number of hydrogen-bond donors (Lipinski definition) is 3. The predicted octanol–water partition coefficient (Wildman–Crippen LogP) is 2.96. The maximum atomic E-state index is 12.3. The highest BCUT2D eigenvalue weighted by atomic mass is 16.2. The van der Waals surface area contributed by atoms with Crippen LogP contribution in [0.15, 0.2) is 48.5 Å². The molecule has 0 saturated heterocycles. The topological polar surface area (TPSA) is 94.0 Å². The van der Waals surface area contributed by atoms with Gasteiger partial charge < -0.3 is 16.0 Å². The lowest BCUT2D eigenvalue weighted by molar-refractivity contribution is -0.116. The molecule has 0 aliphatic heterocycles. The molecule has 3 N–H and O–H groups in total.